The van der Waals surface area contributed by atoms with Crippen LogP contribution in [0.5, 0.6) is 0 Å². The van der Waals surface area contributed by atoms with Crippen LogP contribution in [-0.4, -0.2) is 7.85 Å². The molecule has 2 radical (unpaired) electrons. The average molecular weight is 196 g/mol. The molecule has 76 valence electrons. The van der Waals surface area contributed by atoms with Crippen LogP contribution >= 0.6 is 0 Å². The molecule has 2 aliphatic rings. The van der Waals surface area contributed by atoms with Gasteiger partial charge in [-0.2, -0.15) is 0 Å². The van der Waals surface area contributed by atoms with Crippen molar-refractivity contribution in [1.29, 1.82) is 0 Å². The lowest BCUT2D eigenvalue weighted by molar-refractivity contribution is 0.477. The minimum Gasteiger partial charge on any atom is -0.0964 e. The molecule has 0 saturated heterocycles. The molecule has 1 fully saturated rings. The van der Waals surface area contributed by atoms with Gasteiger partial charge in [0.1, 0.15) is 7.85 Å². The minimum atomic E-state index is 0.553. The van der Waals surface area contributed by atoms with Crippen molar-refractivity contribution in [2.75, 3.05) is 0 Å². The van der Waals surface area contributed by atoms with Gasteiger partial charge in [-0.15, -0.1) is 0 Å². The highest BCUT2D eigenvalue weighted by molar-refractivity contribution is 6.32. The van der Waals surface area contributed by atoms with E-state index in [2.05, 4.69) is 32.0 Å². The van der Waals surface area contributed by atoms with Gasteiger partial charge in [0, 0.05) is 0 Å². The van der Waals surface area contributed by atoms with Crippen LogP contribution in [-0.2, 0) is 11.8 Å². The van der Waals surface area contributed by atoms with Crippen LogP contribution in [0.1, 0.15) is 37.8 Å². The molecule has 1 aromatic rings. The molecule has 1 heteroatoms. The first-order chi connectivity index (χ1) is 7.13. The van der Waals surface area contributed by atoms with E-state index in [1.54, 1.807) is 5.56 Å². The normalized spacial score (nSPS) is 32.3. The third kappa shape index (κ3) is 1.22. The first-order valence-electron chi connectivity index (χ1n) is 6.02. The molecule has 0 N–H and O–H groups in total. The van der Waals surface area contributed by atoms with Crippen LogP contribution in [0, 0.1) is 11.8 Å². The fourth-order valence-electron chi connectivity index (χ4n) is 3.60. The Morgan fingerprint density at radius 2 is 2.20 bits per heavy atom. The highest BCUT2D eigenvalue weighted by atomic mass is 14.6. The lowest BCUT2D eigenvalue weighted by Gasteiger charge is -2.13. The van der Waals surface area contributed by atoms with Crippen molar-refractivity contribution in [3.8, 4) is 0 Å². The molecule has 1 saturated carbocycles. The Morgan fingerprint density at radius 1 is 1.40 bits per heavy atom. The molecule has 2 aliphatic carbocycles. The van der Waals surface area contributed by atoms with Crippen LogP contribution < -0.4 is 5.46 Å². The SMILES string of the molecule is [B]c1ccc2c(c1)CCC21CC1C(C)C. The third-order valence-electron chi connectivity index (χ3n) is 4.44. The monoisotopic (exact) mass is 196 g/mol. The van der Waals surface area contributed by atoms with Gasteiger partial charge in [-0.05, 0) is 47.6 Å². The molecular formula is C14H17B. The van der Waals surface area contributed by atoms with Gasteiger partial charge in [0.25, 0.3) is 0 Å². The van der Waals surface area contributed by atoms with Crippen molar-refractivity contribution in [2.45, 2.75) is 38.5 Å². The number of hydrogen-bond donors (Lipinski definition) is 0. The van der Waals surface area contributed by atoms with Crippen molar-refractivity contribution < 1.29 is 0 Å². The van der Waals surface area contributed by atoms with Crippen molar-refractivity contribution in [1.82, 2.24) is 0 Å². The van der Waals surface area contributed by atoms with E-state index < -0.39 is 0 Å². The first kappa shape index (κ1) is 9.51. The fourth-order valence-corrected chi connectivity index (χ4v) is 3.60. The molecular weight excluding hydrogens is 179 g/mol. The second kappa shape index (κ2) is 2.90. The van der Waals surface area contributed by atoms with Crippen LogP contribution in [0.15, 0.2) is 18.2 Å². The summed E-state index contributed by atoms with van der Waals surface area (Å²) in [7, 11) is 5.83. The van der Waals surface area contributed by atoms with Gasteiger partial charge in [-0.1, -0.05) is 37.5 Å². The molecule has 2 atom stereocenters. The van der Waals surface area contributed by atoms with Crippen molar-refractivity contribution in [2.24, 2.45) is 11.8 Å². The largest absolute Gasteiger partial charge is 0.113 e. The van der Waals surface area contributed by atoms with Crippen LogP contribution in [0.25, 0.3) is 0 Å². The molecule has 1 aromatic carbocycles. The van der Waals surface area contributed by atoms with E-state index in [4.69, 9.17) is 7.85 Å². The lowest BCUT2D eigenvalue weighted by Crippen LogP contribution is -2.10. The second-order valence-corrected chi connectivity index (χ2v) is 5.63. The maximum atomic E-state index is 5.83. The minimum absolute atomic E-state index is 0.553. The number of rotatable bonds is 1. The quantitative estimate of drug-likeness (QED) is 0.604. The molecule has 2 unspecified atom stereocenters. The zero-order valence-corrected chi connectivity index (χ0v) is 9.59. The van der Waals surface area contributed by atoms with Gasteiger partial charge in [-0.25, -0.2) is 0 Å². The van der Waals surface area contributed by atoms with Crippen LogP contribution in [0.4, 0.5) is 0 Å². The Labute approximate surface area is 93.5 Å². The molecule has 15 heavy (non-hydrogen) atoms. The predicted molar refractivity (Wildman–Crippen MR) is 64.8 cm³/mol. The third-order valence-corrected chi connectivity index (χ3v) is 4.44. The Balaban J connectivity index is 2.00. The van der Waals surface area contributed by atoms with Gasteiger partial charge in [-0.3, -0.25) is 0 Å². The first-order valence-corrected chi connectivity index (χ1v) is 6.02. The summed E-state index contributed by atoms with van der Waals surface area (Å²) in [6, 6.07) is 6.53. The van der Waals surface area contributed by atoms with E-state index in [0.717, 1.165) is 17.3 Å². The number of aryl methyl sites for hydroxylation is 1. The predicted octanol–water partition coefficient (Wildman–Crippen LogP) is 2.34. The van der Waals surface area contributed by atoms with Gasteiger partial charge in [0.05, 0.1) is 0 Å². The van der Waals surface area contributed by atoms with Gasteiger partial charge in [0.15, 0.2) is 0 Å². The van der Waals surface area contributed by atoms with Gasteiger partial charge < -0.3 is 0 Å². The number of benzene rings is 1. The summed E-state index contributed by atoms with van der Waals surface area (Å²) < 4.78 is 0. The van der Waals surface area contributed by atoms with E-state index in [9.17, 15) is 0 Å². The van der Waals surface area contributed by atoms with E-state index in [1.165, 1.54) is 24.8 Å². The summed E-state index contributed by atoms with van der Waals surface area (Å²) in [5.41, 5.74) is 4.60. The number of hydrogen-bond acceptors (Lipinski definition) is 0. The number of fused-ring (bicyclic) bond motifs is 2. The Morgan fingerprint density at radius 3 is 2.87 bits per heavy atom. The highest BCUT2D eigenvalue weighted by Crippen LogP contribution is 2.63. The molecule has 0 amide bonds. The molecule has 1 spiro atoms. The Bertz CT molecular complexity index is 408. The van der Waals surface area contributed by atoms with Crippen molar-refractivity contribution in [3.63, 3.8) is 0 Å². The van der Waals surface area contributed by atoms with Crippen LogP contribution in [0.3, 0.4) is 0 Å². The molecule has 0 aliphatic heterocycles. The van der Waals surface area contributed by atoms with E-state index >= 15 is 0 Å². The Kier molecular flexibility index (Phi) is 1.84. The van der Waals surface area contributed by atoms with Crippen LogP contribution in [0.2, 0.25) is 0 Å². The summed E-state index contributed by atoms with van der Waals surface area (Å²) in [5.74, 6) is 1.75. The van der Waals surface area contributed by atoms with Crippen molar-refractivity contribution in [3.05, 3.63) is 29.3 Å². The maximum Gasteiger partial charge on any atom is 0.113 e. The lowest BCUT2D eigenvalue weighted by atomic mass is 9.88. The summed E-state index contributed by atoms with van der Waals surface area (Å²) in [6.07, 6.45) is 4.00. The second-order valence-electron chi connectivity index (χ2n) is 5.63. The highest BCUT2D eigenvalue weighted by Gasteiger charge is 2.58. The molecule has 0 nitrogen and oxygen atoms in total. The molecule has 3 rings (SSSR count). The van der Waals surface area contributed by atoms with E-state index in [1.807, 2.05) is 0 Å². The standard InChI is InChI=1S/C14H17B/c1-9(2)13-8-14(13)6-5-10-7-11(15)3-4-12(10)14/h3-4,7,9,13H,5-6,8H2,1-2H3. The average Bonchev–Trinajstić information content (AvgIpc) is 2.80. The molecule has 0 bridgehead atoms. The summed E-state index contributed by atoms with van der Waals surface area (Å²) in [4.78, 5) is 0. The zero-order chi connectivity index (χ0) is 10.6. The smallest absolute Gasteiger partial charge is 0.0964 e. The van der Waals surface area contributed by atoms with Gasteiger partial charge in [0.2, 0.25) is 0 Å². The van der Waals surface area contributed by atoms with Gasteiger partial charge >= 0.3 is 0 Å². The summed E-state index contributed by atoms with van der Waals surface area (Å²) in [5, 5.41) is 0. The Hall–Kier alpha value is -0.715. The molecule has 0 heterocycles. The summed E-state index contributed by atoms with van der Waals surface area (Å²) >= 11 is 0. The maximum absolute atomic E-state index is 5.83. The topological polar surface area (TPSA) is 0 Å². The van der Waals surface area contributed by atoms with E-state index in [0.29, 0.717) is 5.41 Å². The fraction of sp³-hybridized carbons (Fsp3) is 0.571. The summed E-state index contributed by atoms with van der Waals surface area (Å²) in [6.45, 7) is 4.71. The zero-order valence-electron chi connectivity index (χ0n) is 9.59. The van der Waals surface area contributed by atoms with E-state index in [-0.39, 0.29) is 0 Å². The van der Waals surface area contributed by atoms with Crippen molar-refractivity contribution >= 4 is 13.3 Å². The molecule has 0 aromatic heterocycles.